The minimum atomic E-state index is 0.748. The lowest BCUT2D eigenvalue weighted by Gasteiger charge is -2.36. The highest BCUT2D eigenvalue weighted by Crippen LogP contribution is 2.21. The predicted molar refractivity (Wildman–Crippen MR) is 58.9 cm³/mol. The van der Waals surface area contributed by atoms with Crippen molar-refractivity contribution in [3.05, 3.63) is 12.2 Å². The summed E-state index contributed by atoms with van der Waals surface area (Å²) in [7, 11) is 0. The van der Waals surface area contributed by atoms with Crippen LogP contribution in [0.15, 0.2) is 12.2 Å². The molecule has 1 aliphatic heterocycles. The van der Waals surface area contributed by atoms with E-state index in [9.17, 15) is 0 Å². The monoisotopic (exact) mass is 181 g/mol. The highest BCUT2D eigenvalue weighted by molar-refractivity contribution is 4.99. The van der Waals surface area contributed by atoms with Crippen LogP contribution in [0, 0.1) is 5.92 Å². The minimum absolute atomic E-state index is 0.748. The average molecular weight is 181 g/mol. The fraction of sp³-hybridized carbons (Fsp3) is 0.833. The molecule has 1 aliphatic rings. The third-order valence-corrected chi connectivity index (χ3v) is 3.55. The van der Waals surface area contributed by atoms with Crippen molar-refractivity contribution in [3.63, 3.8) is 0 Å². The van der Waals surface area contributed by atoms with Crippen LogP contribution < -0.4 is 0 Å². The molecular formula is C12H23N. The van der Waals surface area contributed by atoms with Gasteiger partial charge >= 0.3 is 0 Å². The van der Waals surface area contributed by atoms with E-state index in [1.165, 1.54) is 37.9 Å². The maximum Gasteiger partial charge on any atom is 0.00927 e. The van der Waals surface area contributed by atoms with Crippen LogP contribution in [0.4, 0.5) is 0 Å². The van der Waals surface area contributed by atoms with Crippen molar-refractivity contribution >= 4 is 0 Å². The first-order chi connectivity index (χ1) is 6.15. The summed E-state index contributed by atoms with van der Waals surface area (Å²) >= 11 is 0. The van der Waals surface area contributed by atoms with Gasteiger partial charge in [0.1, 0.15) is 0 Å². The number of nitrogens with zero attached hydrogens (tertiary/aromatic N) is 1. The Balaban J connectivity index is 2.39. The predicted octanol–water partition coefficient (Wildman–Crippen LogP) is 3.07. The summed E-state index contributed by atoms with van der Waals surface area (Å²) in [5.74, 6) is 0.825. The molecule has 1 rings (SSSR count). The molecule has 0 saturated carbocycles. The molecule has 0 aromatic heterocycles. The molecule has 1 heteroatoms. The summed E-state index contributed by atoms with van der Waals surface area (Å²) in [6.45, 7) is 13.5. The molecule has 0 aromatic rings. The normalized spacial score (nSPS) is 24.4. The first kappa shape index (κ1) is 10.8. The molecule has 0 aliphatic carbocycles. The van der Waals surface area contributed by atoms with Gasteiger partial charge in [0.05, 0.1) is 0 Å². The second-order valence-corrected chi connectivity index (χ2v) is 4.41. The summed E-state index contributed by atoms with van der Waals surface area (Å²) in [4.78, 5) is 2.61. The van der Waals surface area contributed by atoms with Crippen LogP contribution in [0.5, 0.6) is 0 Å². The van der Waals surface area contributed by atoms with Crippen LogP contribution in [0.25, 0.3) is 0 Å². The van der Waals surface area contributed by atoms with Gasteiger partial charge in [-0.15, -0.1) is 0 Å². The van der Waals surface area contributed by atoms with Crippen LogP contribution in [-0.2, 0) is 0 Å². The summed E-state index contributed by atoms with van der Waals surface area (Å²) < 4.78 is 0. The van der Waals surface area contributed by atoms with Crippen molar-refractivity contribution < 1.29 is 0 Å². The van der Waals surface area contributed by atoms with E-state index in [0.717, 1.165) is 12.0 Å². The Kier molecular flexibility index (Phi) is 3.98. The lowest BCUT2D eigenvalue weighted by atomic mass is 9.96. The SMILES string of the molecule is C=C1CCN(C(C)C(C)CC)CC1. The molecule has 0 N–H and O–H groups in total. The third-order valence-electron chi connectivity index (χ3n) is 3.55. The molecule has 0 amide bonds. The Morgan fingerprint density at radius 2 is 1.85 bits per heavy atom. The standard InChI is InChI=1S/C12H23N/c1-5-11(3)12(4)13-8-6-10(2)7-9-13/h11-12H,2,5-9H2,1,3-4H3. The molecular weight excluding hydrogens is 158 g/mol. The molecule has 1 fully saturated rings. The maximum atomic E-state index is 4.05. The van der Waals surface area contributed by atoms with Crippen LogP contribution in [-0.4, -0.2) is 24.0 Å². The molecule has 13 heavy (non-hydrogen) atoms. The van der Waals surface area contributed by atoms with E-state index in [1.54, 1.807) is 0 Å². The van der Waals surface area contributed by atoms with Crippen molar-refractivity contribution in [1.29, 1.82) is 0 Å². The van der Waals surface area contributed by atoms with Gasteiger partial charge in [0.15, 0.2) is 0 Å². The Hall–Kier alpha value is -0.300. The third kappa shape index (κ3) is 2.84. The van der Waals surface area contributed by atoms with Gasteiger partial charge in [0.25, 0.3) is 0 Å². The number of rotatable bonds is 3. The highest BCUT2D eigenvalue weighted by atomic mass is 15.2. The molecule has 1 nitrogen and oxygen atoms in total. The zero-order valence-electron chi connectivity index (χ0n) is 9.34. The number of hydrogen-bond acceptors (Lipinski definition) is 1. The van der Waals surface area contributed by atoms with Crippen molar-refractivity contribution in [3.8, 4) is 0 Å². The summed E-state index contributed by atoms with van der Waals surface area (Å²) in [5, 5.41) is 0. The van der Waals surface area contributed by atoms with Crippen molar-refractivity contribution in [2.24, 2.45) is 5.92 Å². The molecule has 0 radical (unpaired) electrons. The minimum Gasteiger partial charge on any atom is -0.300 e. The Labute approximate surface area is 82.8 Å². The van der Waals surface area contributed by atoms with Gasteiger partial charge < -0.3 is 0 Å². The van der Waals surface area contributed by atoms with E-state index < -0.39 is 0 Å². The van der Waals surface area contributed by atoms with E-state index in [2.05, 4.69) is 32.3 Å². The van der Waals surface area contributed by atoms with Crippen LogP contribution in [0.2, 0.25) is 0 Å². The van der Waals surface area contributed by atoms with Gasteiger partial charge in [-0.1, -0.05) is 32.4 Å². The van der Waals surface area contributed by atoms with Crippen LogP contribution >= 0.6 is 0 Å². The lowest BCUT2D eigenvalue weighted by molar-refractivity contribution is 0.148. The van der Waals surface area contributed by atoms with E-state index in [4.69, 9.17) is 0 Å². The van der Waals surface area contributed by atoms with Crippen molar-refractivity contribution in [2.75, 3.05) is 13.1 Å². The second kappa shape index (κ2) is 4.80. The number of hydrogen-bond donors (Lipinski definition) is 0. The second-order valence-electron chi connectivity index (χ2n) is 4.41. The van der Waals surface area contributed by atoms with E-state index in [1.807, 2.05) is 0 Å². The zero-order valence-corrected chi connectivity index (χ0v) is 9.34. The van der Waals surface area contributed by atoms with E-state index >= 15 is 0 Å². The number of piperidine rings is 1. The Bertz CT molecular complexity index is 164. The van der Waals surface area contributed by atoms with Gasteiger partial charge in [-0.25, -0.2) is 0 Å². The van der Waals surface area contributed by atoms with Crippen LogP contribution in [0.1, 0.15) is 40.0 Å². The Morgan fingerprint density at radius 1 is 1.31 bits per heavy atom. The van der Waals surface area contributed by atoms with Gasteiger partial charge in [-0.05, 0) is 25.7 Å². The quantitative estimate of drug-likeness (QED) is 0.605. The van der Waals surface area contributed by atoms with Gasteiger partial charge in [0.2, 0.25) is 0 Å². The average Bonchev–Trinajstić information content (AvgIpc) is 2.17. The molecule has 2 atom stereocenters. The molecule has 1 heterocycles. The van der Waals surface area contributed by atoms with E-state index in [0.29, 0.717) is 0 Å². The molecule has 0 aromatic carbocycles. The molecule has 2 unspecified atom stereocenters. The molecule has 0 spiro atoms. The van der Waals surface area contributed by atoms with Crippen molar-refractivity contribution in [1.82, 2.24) is 4.90 Å². The lowest BCUT2D eigenvalue weighted by Crippen LogP contribution is -2.41. The zero-order chi connectivity index (χ0) is 9.84. The maximum absolute atomic E-state index is 4.05. The molecule has 1 saturated heterocycles. The first-order valence-corrected chi connectivity index (χ1v) is 5.55. The number of likely N-dealkylation sites (tertiary alicyclic amines) is 1. The Morgan fingerprint density at radius 3 is 2.31 bits per heavy atom. The van der Waals surface area contributed by atoms with Gasteiger partial charge in [0, 0.05) is 19.1 Å². The fourth-order valence-corrected chi connectivity index (χ4v) is 1.95. The first-order valence-electron chi connectivity index (χ1n) is 5.55. The molecule has 0 bridgehead atoms. The fourth-order valence-electron chi connectivity index (χ4n) is 1.95. The summed E-state index contributed by atoms with van der Waals surface area (Å²) in [6.07, 6.45) is 3.71. The molecule has 76 valence electrons. The van der Waals surface area contributed by atoms with Crippen LogP contribution in [0.3, 0.4) is 0 Å². The van der Waals surface area contributed by atoms with Gasteiger partial charge in [-0.3, -0.25) is 4.90 Å². The van der Waals surface area contributed by atoms with E-state index in [-0.39, 0.29) is 0 Å². The summed E-state index contributed by atoms with van der Waals surface area (Å²) in [6, 6.07) is 0.748. The van der Waals surface area contributed by atoms with Crippen molar-refractivity contribution in [2.45, 2.75) is 46.1 Å². The topological polar surface area (TPSA) is 3.24 Å². The largest absolute Gasteiger partial charge is 0.300 e. The summed E-state index contributed by atoms with van der Waals surface area (Å²) in [5.41, 5.74) is 1.44. The highest BCUT2D eigenvalue weighted by Gasteiger charge is 2.21. The van der Waals surface area contributed by atoms with Gasteiger partial charge in [-0.2, -0.15) is 0 Å². The smallest absolute Gasteiger partial charge is 0.00927 e.